The number of fused-ring (bicyclic) bond motifs is 11. The van der Waals surface area contributed by atoms with Crippen molar-refractivity contribution in [1.82, 2.24) is 13.7 Å². The van der Waals surface area contributed by atoms with Crippen molar-refractivity contribution in [3.63, 3.8) is 0 Å². The minimum absolute atomic E-state index is 0.0310. The Balaban J connectivity index is 0.830. The summed E-state index contributed by atoms with van der Waals surface area (Å²) < 4.78 is 7.39. The fourth-order valence-corrected chi connectivity index (χ4v) is 14.9. The van der Waals surface area contributed by atoms with Gasteiger partial charge in [-0.3, -0.25) is 0 Å². The summed E-state index contributed by atoms with van der Waals surface area (Å²) in [6.45, 7) is 27.7. The van der Waals surface area contributed by atoms with Gasteiger partial charge >= 0.3 is 0 Å². The van der Waals surface area contributed by atoms with Crippen LogP contribution in [0.5, 0.6) is 0 Å². The first-order chi connectivity index (χ1) is 44.6. The molecular formula is C90H79N3. The lowest BCUT2D eigenvalue weighted by molar-refractivity contribution is 0.590. The maximum absolute atomic E-state index is 2.47. The molecule has 3 heterocycles. The van der Waals surface area contributed by atoms with Gasteiger partial charge in [0.2, 0.25) is 0 Å². The summed E-state index contributed by atoms with van der Waals surface area (Å²) in [7, 11) is 0. The van der Waals surface area contributed by atoms with Crippen molar-refractivity contribution in [2.45, 2.75) is 105 Å². The predicted octanol–water partition coefficient (Wildman–Crippen LogP) is 25.1. The minimum Gasteiger partial charge on any atom is -0.309 e. The standard InChI is InChI=1S/C90H79N3/c1-87(2,3)62-34-46-81-75(52-62)76-53-63(88(4,5)6)35-47-82(76)92(81)66-38-26-56(27-39-66)60-32-44-79-73(50-60)74-51-61(57-28-40-67(41-29-57)93-83-48-36-64(89(7,8)9)54-77(83)78-55-65(90(10,11)12)37-49-84(78)93)33-45-80(74)91(79)68-42-30-59(31-43-68)86-71-24-18-16-22-69(71)85(58-20-14-13-15-21-58)70-23-17-19-25-72(70)86/h13-55H,1-12H3. The molecule has 13 aromatic carbocycles. The van der Waals surface area contributed by atoms with Crippen LogP contribution in [-0.2, 0) is 21.7 Å². The topological polar surface area (TPSA) is 14.8 Å². The van der Waals surface area contributed by atoms with Gasteiger partial charge in [0.05, 0.1) is 33.1 Å². The lowest BCUT2D eigenvalue weighted by Crippen LogP contribution is -2.10. The van der Waals surface area contributed by atoms with Gasteiger partial charge in [0, 0.05) is 49.4 Å². The van der Waals surface area contributed by atoms with Gasteiger partial charge in [0.25, 0.3) is 0 Å². The van der Waals surface area contributed by atoms with Gasteiger partial charge in [-0.2, -0.15) is 0 Å². The number of aromatic nitrogens is 3. The second-order valence-corrected chi connectivity index (χ2v) is 30.2. The third-order valence-corrected chi connectivity index (χ3v) is 20.1. The average Bonchev–Trinajstić information content (AvgIpc) is 1.61. The van der Waals surface area contributed by atoms with E-state index in [0.717, 1.165) is 17.1 Å². The molecule has 0 aliphatic heterocycles. The largest absolute Gasteiger partial charge is 0.309 e. The Morgan fingerprint density at radius 1 is 0.183 bits per heavy atom. The maximum Gasteiger partial charge on any atom is 0.0541 e. The SMILES string of the molecule is CC(C)(C)c1ccc2c(c1)c1cc(C(C)(C)C)ccc1n2-c1ccc(-c2ccc3c(c2)c2cc(-c4ccc(-n5c6ccc(C(C)(C)C)cc6c6cc(C(C)(C)C)ccc65)cc4)ccc2n3-c2ccc(-c3c4ccccc4c(-c4ccccc4)c4ccccc34)cc2)cc1. The Labute approximate surface area is 546 Å². The van der Waals surface area contributed by atoms with Crippen molar-refractivity contribution < 1.29 is 0 Å². The highest BCUT2D eigenvalue weighted by Crippen LogP contribution is 2.46. The van der Waals surface area contributed by atoms with E-state index in [4.69, 9.17) is 0 Å². The van der Waals surface area contributed by atoms with E-state index >= 15 is 0 Å². The van der Waals surface area contributed by atoms with E-state index in [0.29, 0.717) is 0 Å². The first-order valence-electron chi connectivity index (χ1n) is 33.2. The summed E-state index contributed by atoms with van der Waals surface area (Å²) in [4.78, 5) is 0. The van der Waals surface area contributed by atoms with E-state index in [2.05, 4.69) is 358 Å². The van der Waals surface area contributed by atoms with Crippen molar-refractivity contribution >= 4 is 87.0 Å². The van der Waals surface area contributed by atoms with Crippen LogP contribution in [-0.4, -0.2) is 13.7 Å². The van der Waals surface area contributed by atoms with Gasteiger partial charge in [-0.05, 0) is 219 Å². The zero-order valence-electron chi connectivity index (χ0n) is 55.7. The lowest BCUT2D eigenvalue weighted by Gasteiger charge is -2.19. The smallest absolute Gasteiger partial charge is 0.0541 e. The summed E-state index contributed by atoms with van der Waals surface area (Å²) in [5.41, 5.74) is 25.8. The van der Waals surface area contributed by atoms with Crippen molar-refractivity contribution in [3.05, 3.63) is 283 Å². The first kappa shape index (κ1) is 57.9. The maximum atomic E-state index is 2.47. The fourth-order valence-electron chi connectivity index (χ4n) is 14.9. The molecule has 3 heteroatoms. The van der Waals surface area contributed by atoms with Crippen LogP contribution in [0.3, 0.4) is 0 Å². The zero-order chi connectivity index (χ0) is 64.0. The summed E-state index contributed by atoms with van der Waals surface area (Å²) in [6, 6.07) is 99.1. The van der Waals surface area contributed by atoms with E-state index in [1.54, 1.807) is 0 Å². The first-order valence-corrected chi connectivity index (χ1v) is 33.2. The molecule has 0 fully saturated rings. The minimum atomic E-state index is 0.0310. The highest BCUT2D eigenvalue weighted by molar-refractivity contribution is 6.22. The molecule has 0 bridgehead atoms. The van der Waals surface area contributed by atoms with Crippen LogP contribution < -0.4 is 0 Å². The molecule has 454 valence electrons. The summed E-state index contributed by atoms with van der Waals surface area (Å²) in [6.07, 6.45) is 0. The molecule has 0 saturated carbocycles. The highest BCUT2D eigenvalue weighted by Gasteiger charge is 2.25. The number of rotatable bonds is 7. The quantitative estimate of drug-likeness (QED) is 0.141. The van der Waals surface area contributed by atoms with Crippen LogP contribution in [0.2, 0.25) is 0 Å². The number of hydrogen-bond acceptors (Lipinski definition) is 0. The van der Waals surface area contributed by atoms with E-state index in [9.17, 15) is 0 Å². The van der Waals surface area contributed by atoms with Crippen molar-refractivity contribution in [1.29, 1.82) is 0 Å². The van der Waals surface area contributed by atoms with Gasteiger partial charge < -0.3 is 13.7 Å². The number of hydrogen-bond donors (Lipinski definition) is 0. The third kappa shape index (κ3) is 9.69. The lowest BCUT2D eigenvalue weighted by atomic mass is 9.85. The molecule has 0 atom stereocenters. The Bertz CT molecular complexity index is 5210. The van der Waals surface area contributed by atoms with E-state index in [1.807, 2.05) is 0 Å². The molecule has 0 N–H and O–H groups in total. The Hall–Kier alpha value is -10.2. The molecule has 16 aromatic rings. The Morgan fingerprint density at radius 2 is 0.409 bits per heavy atom. The van der Waals surface area contributed by atoms with Crippen LogP contribution in [0.25, 0.3) is 149 Å². The van der Waals surface area contributed by atoms with Crippen molar-refractivity contribution in [2.24, 2.45) is 0 Å². The average molecular weight is 1200 g/mol. The molecule has 3 nitrogen and oxygen atoms in total. The molecule has 0 unspecified atom stereocenters. The predicted molar refractivity (Wildman–Crippen MR) is 401 cm³/mol. The zero-order valence-corrected chi connectivity index (χ0v) is 55.7. The second kappa shape index (κ2) is 21.2. The monoisotopic (exact) mass is 1200 g/mol. The summed E-state index contributed by atoms with van der Waals surface area (Å²) in [5, 5.41) is 12.6. The molecule has 0 saturated heterocycles. The molecular weight excluding hydrogens is 1120 g/mol. The van der Waals surface area contributed by atoms with Crippen LogP contribution in [0, 0.1) is 0 Å². The van der Waals surface area contributed by atoms with E-state index in [-0.39, 0.29) is 21.7 Å². The van der Waals surface area contributed by atoms with Gasteiger partial charge in [-0.25, -0.2) is 0 Å². The third-order valence-electron chi connectivity index (χ3n) is 20.1. The summed E-state index contributed by atoms with van der Waals surface area (Å²) in [5.74, 6) is 0. The molecule has 0 amide bonds. The normalized spacial score (nSPS) is 12.7. The number of benzene rings is 13. The molecule has 0 radical (unpaired) electrons. The van der Waals surface area contributed by atoms with Crippen LogP contribution in [0.4, 0.5) is 0 Å². The van der Waals surface area contributed by atoms with Crippen LogP contribution in [0.1, 0.15) is 105 Å². The molecule has 0 aliphatic carbocycles. The molecule has 0 aliphatic rings. The van der Waals surface area contributed by atoms with Crippen LogP contribution >= 0.6 is 0 Å². The van der Waals surface area contributed by atoms with Gasteiger partial charge in [0.15, 0.2) is 0 Å². The second-order valence-electron chi connectivity index (χ2n) is 30.2. The molecule has 0 spiro atoms. The Kier molecular flexibility index (Phi) is 13.2. The van der Waals surface area contributed by atoms with Crippen LogP contribution in [0.15, 0.2) is 261 Å². The van der Waals surface area contributed by atoms with E-state index in [1.165, 1.54) is 154 Å². The van der Waals surface area contributed by atoms with Crippen molar-refractivity contribution in [2.75, 3.05) is 0 Å². The summed E-state index contributed by atoms with van der Waals surface area (Å²) >= 11 is 0. The van der Waals surface area contributed by atoms with Crippen molar-refractivity contribution in [3.8, 4) is 61.6 Å². The van der Waals surface area contributed by atoms with E-state index < -0.39 is 0 Å². The Morgan fingerprint density at radius 3 is 0.688 bits per heavy atom. The van der Waals surface area contributed by atoms with Gasteiger partial charge in [-0.1, -0.05) is 235 Å². The molecule has 93 heavy (non-hydrogen) atoms. The van der Waals surface area contributed by atoms with Gasteiger partial charge in [0.1, 0.15) is 0 Å². The molecule has 3 aromatic heterocycles. The molecule has 16 rings (SSSR count). The highest BCUT2D eigenvalue weighted by atomic mass is 15.0. The number of nitrogens with zero attached hydrogens (tertiary/aromatic N) is 3. The fraction of sp³-hybridized carbons (Fsp3) is 0.178. The van der Waals surface area contributed by atoms with Gasteiger partial charge in [-0.15, -0.1) is 0 Å².